The third-order valence-electron chi connectivity index (χ3n) is 3.52. The molecule has 0 fully saturated rings. The van der Waals surface area contributed by atoms with Gasteiger partial charge in [-0.25, -0.2) is 0 Å². The molecule has 1 aromatic rings. The van der Waals surface area contributed by atoms with Crippen LogP contribution in [0.25, 0.3) is 0 Å². The minimum absolute atomic E-state index is 0.455. The average molecular weight is 267 g/mol. The minimum atomic E-state index is 0.455. The fourth-order valence-electron chi connectivity index (χ4n) is 2.06. The highest BCUT2D eigenvalue weighted by Crippen LogP contribution is 2.28. The summed E-state index contributed by atoms with van der Waals surface area (Å²) >= 11 is 1.99. The molecule has 0 unspecified atom stereocenters. The first-order valence-electron chi connectivity index (χ1n) is 7.35. The van der Waals surface area contributed by atoms with Gasteiger partial charge in [-0.1, -0.05) is 27.7 Å². The molecule has 0 atom stereocenters. The predicted molar refractivity (Wildman–Crippen MR) is 83.6 cm³/mol. The maximum atomic E-state index is 3.51. The Labute approximate surface area is 117 Å². The molecule has 0 spiro atoms. The Morgan fingerprint density at radius 2 is 1.78 bits per heavy atom. The van der Waals surface area contributed by atoms with Gasteiger partial charge in [0.2, 0.25) is 0 Å². The minimum Gasteiger partial charge on any atom is -0.317 e. The summed E-state index contributed by atoms with van der Waals surface area (Å²) in [6.07, 6.45) is 6.22. The summed E-state index contributed by atoms with van der Waals surface area (Å²) in [5.74, 6) is 0. The molecule has 1 aromatic heterocycles. The van der Waals surface area contributed by atoms with Crippen LogP contribution in [0, 0.1) is 5.41 Å². The molecule has 1 nitrogen and oxygen atoms in total. The Hall–Kier alpha value is -0.340. The van der Waals surface area contributed by atoms with Gasteiger partial charge >= 0.3 is 0 Å². The summed E-state index contributed by atoms with van der Waals surface area (Å²) < 4.78 is 0. The number of rotatable bonds is 9. The molecule has 104 valence electrons. The van der Waals surface area contributed by atoms with E-state index in [-0.39, 0.29) is 0 Å². The van der Waals surface area contributed by atoms with Gasteiger partial charge in [-0.05, 0) is 62.7 Å². The van der Waals surface area contributed by atoms with Crippen molar-refractivity contribution in [1.82, 2.24) is 5.32 Å². The number of aryl methyl sites for hydroxylation is 2. The van der Waals surface area contributed by atoms with Crippen molar-refractivity contribution in [3.05, 3.63) is 21.9 Å². The van der Waals surface area contributed by atoms with E-state index in [4.69, 9.17) is 0 Å². The lowest BCUT2D eigenvalue weighted by atomic mass is 9.84. The Bertz CT molecular complexity index is 328. The van der Waals surface area contributed by atoms with E-state index in [1.165, 1.54) is 37.0 Å². The van der Waals surface area contributed by atoms with Crippen molar-refractivity contribution in [2.45, 2.75) is 59.8 Å². The van der Waals surface area contributed by atoms with E-state index < -0.39 is 0 Å². The molecule has 0 aliphatic rings. The maximum Gasteiger partial charge on any atom is 0.00483 e. The SMILES string of the molecule is CCCNCCC(C)(C)CCc1ccc(CC)s1. The zero-order valence-corrected chi connectivity index (χ0v) is 13.3. The first-order valence-corrected chi connectivity index (χ1v) is 8.17. The number of hydrogen-bond acceptors (Lipinski definition) is 2. The molecule has 0 aliphatic carbocycles. The lowest BCUT2D eigenvalue weighted by molar-refractivity contribution is 0.303. The van der Waals surface area contributed by atoms with Gasteiger partial charge in [-0.2, -0.15) is 0 Å². The van der Waals surface area contributed by atoms with Crippen molar-refractivity contribution in [1.29, 1.82) is 0 Å². The molecular formula is C16H29NS. The van der Waals surface area contributed by atoms with E-state index >= 15 is 0 Å². The lowest BCUT2D eigenvalue weighted by Gasteiger charge is -2.24. The summed E-state index contributed by atoms with van der Waals surface area (Å²) in [5.41, 5.74) is 0.455. The number of thiophene rings is 1. The quantitative estimate of drug-likeness (QED) is 0.642. The average Bonchev–Trinajstić information content (AvgIpc) is 2.80. The molecule has 1 rings (SSSR count). The Balaban J connectivity index is 2.27. The molecule has 2 heteroatoms. The summed E-state index contributed by atoms with van der Waals surface area (Å²) in [5, 5.41) is 3.51. The van der Waals surface area contributed by atoms with Gasteiger partial charge in [0.15, 0.2) is 0 Å². The van der Waals surface area contributed by atoms with Crippen LogP contribution >= 0.6 is 11.3 Å². The van der Waals surface area contributed by atoms with E-state index in [0.717, 1.165) is 13.1 Å². The van der Waals surface area contributed by atoms with Crippen molar-refractivity contribution >= 4 is 11.3 Å². The third-order valence-corrected chi connectivity index (χ3v) is 4.81. The van der Waals surface area contributed by atoms with Crippen LogP contribution in [0.2, 0.25) is 0 Å². The summed E-state index contributed by atoms with van der Waals surface area (Å²) in [4.78, 5) is 3.08. The molecule has 1 heterocycles. The van der Waals surface area contributed by atoms with E-state index in [9.17, 15) is 0 Å². The molecular weight excluding hydrogens is 238 g/mol. The van der Waals surface area contributed by atoms with Crippen molar-refractivity contribution in [2.24, 2.45) is 5.41 Å². The highest BCUT2D eigenvalue weighted by atomic mass is 32.1. The van der Waals surface area contributed by atoms with Gasteiger partial charge in [-0.3, -0.25) is 0 Å². The van der Waals surface area contributed by atoms with E-state index in [1.807, 2.05) is 11.3 Å². The summed E-state index contributed by atoms with van der Waals surface area (Å²) in [7, 11) is 0. The second-order valence-electron chi connectivity index (χ2n) is 5.89. The lowest BCUT2D eigenvalue weighted by Crippen LogP contribution is -2.23. The van der Waals surface area contributed by atoms with E-state index in [1.54, 1.807) is 4.88 Å². The van der Waals surface area contributed by atoms with Crippen molar-refractivity contribution in [3.8, 4) is 0 Å². The molecule has 18 heavy (non-hydrogen) atoms. The van der Waals surface area contributed by atoms with Gasteiger partial charge in [0, 0.05) is 9.75 Å². The van der Waals surface area contributed by atoms with Crippen LogP contribution in [0.3, 0.4) is 0 Å². The fourth-order valence-corrected chi connectivity index (χ4v) is 3.02. The van der Waals surface area contributed by atoms with Crippen molar-refractivity contribution in [2.75, 3.05) is 13.1 Å². The van der Waals surface area contributed by atoms with Gasteiger partial charge in [-0.15, -0.1) is 11.3 Å². The Kier molecular flexibility index (Phi) is 6.95. The molecule has 0 aromatic carbocycles. The largest absolute Gasteiger partial charge is 0.317 e. The zero-order valence-electron chi connectivity index (χ0n) is 12.5. The summed E-state index contributed by atoms with van der Waals surface area (Å²) in [6, 6.07) is 4.60. The molecule has 1 N–H and O–H groups in total. The second kappa shape index (κ2) is 7.96. The van der Waals surface area contributed by atoms with E-state index in [2.05, 4.69) is 45.1 Å². The molecule has 0 saturated heterocycles. The zero-order chi connectivity index (χ0) is 13.4. The molecule has 0 amide bonds. The highest BCUT2D eigenvalue weighted by Gasteiger charge is 2.17. The highest BCUT2D eigenvalue weighted by molar-refractivity contribution is 7.11. The summed E-state index contributed by atoms with van der Waals surface area (Å²) in [6.45, 7) is 11.6. The molecule has 0 aliphatic heterocycles. The van der Waals surface area contributed by atoms with Gasteiger partial charge in [0.1, 0.15) is 0 Å². The molecule has 0 bridgehead atoms. The predicted octanol–water partition coefficient (Wildman–Crippen LogP) is 4.66. The van der Waals surface area contributed by atoms with Gasteiger partial charge in [0.25, 0.3) is 0 Å². The van der Waals surface area contributed by atoms with Crippen LogP contribution in [0.4, 0.5) is 0 Å². The Morgan fingerprint density at radius 3 is 2.39 bits per heavy atom. The van der Waals surface area contributed by atoms with Gasteiger partial charge in [0.05, 0.1) is 0 Å². The maximum absolute atomic E-state index is 3.51. The number of nitrogens with one attached hydrogen (secondary N) is 1. The third kappa shape index (κ3) is 6.01. The van der Waals surface area contributed by atoms with Crippen molar-refractivity contribution < 1.29 is 0 Å². The molecule has 0 saturated carbocycles. The molecule has 0 radical (unpaired) electrons. The number of hydrogen-bond donors (Lipinski definition) is 1. The smallest absolute Gasteiger partial charge is 0.00483 e. The fraction of sp³-hybridized carbons (Fsp3) is 0.750. The standard InChI is InChI=1S/C16H29NS/c1-5-12-17-13-11-16(3,4)10-9-15-8-7-14(6-2)18-15/h7-8,17H,5-6,9-13H2,1-4H3. The van der Waals surface area contributed by atoms with Crippen molar-refractivity contribution in [3.63, 3.8) is 0 Å². The normalized spacial score (nSPS) is 12.0. The monoisotopic (exact) mass is 267 g/mol. The first kappa shape index (κ1) is 15.7. The van der Waals surface area contributed by atoms with Crippen LogP contribution in [-0.4, -0.2) is 13.1 Å². The first-order chi connectivity index (χ1) is 8.57. The van der Waals surface area contributed by atoms with E-state index in [0.29, 0.717) is 5.41 Å². The Morgan fingerprint density at radius 1 is 1.06 bits per heavy atom. The van der Waals surface area contributed by atoms with Crippen LogP contribution in [0.1, 0.15) is 56.7 Å². The second-order valence-corrected chi connectivity index (χ2v) is 7.14. The topological polar surface area (TPSA) is 12.0 Å². The van der Waals surface area contributed by atoms with Crippen LogP contribution < -0.4 is 5.32 Å². The van der Waals surface area contributed by atoms with Crippen LogP contribution in [-0.2, 0) is 12.8 Å². The van der Waals surface area contributed by atoms with Crippen LogP contribution in [0.15, 0.2) is 12.1 Å². The van der Waals surface area contributed by atoms with Crippen LogP contribution in [0.5, 0.6) is 0 Å². The van der Waals surface area contributed by atoms with Gasteiger partial charge < -0.3 is 5.32 Å².